The van der Waals surface area contributed by atoms with Crippen LogP contribution in [0.3, 0.4) is 0 Å². The van der Waals surface area contributed by atoms with Gasteiger partial charge in [-0.1, -0.05) is 0 Å². The summed E-state index contributed by atoms with van der Waals surface area (Å²) < 4.78 is 12.9. The van der Waals surface area contributed by atoms with Crippen LogP contribution in [0.5, 0.6) is 0 Å². The van der Waals surface area contributed by atoms with E-state index in [0.29, 0.717) is 5.88 Å². The first-order valence-corrected chi connectivity index (χ1v) is 5.30. The van der Waals surface area contributed by atoms with Gasteiger partial charge in [-0.25, -0.2) is 9.37 Å². The Kier molecular flexibility index (Phi) is 2.87. The first kappa shape index (κ1) is 9.71. The van der Waals surface area contributed by atoms with Crippen molar-refractivity contribution in [2.24, 2.45) is 0 Å². The van der Waals surface area contributed by atoms with Crippen LogP contribution in [0.2, 0.25) is 0 Å². The van der Waals surface area contributed by atoms with Gasteiger partial charge in [0, 0.05) is 18.7 Å². The Labute approximate surface area is 87.7 Å². The summed E-state index contributed by atoms with van der Waals surface area (Å²) in [6.45, 7) is 2.01. The molecule has 0 N–H and O–H groups in total. The van der Waals surface area contributed by atoms with Gasteiger partial charge in [0.15, 0.2) is 0 Å². The number of hydrogen-bond donors (Lipinski definition) is 0. The Morgan fingerprint density at radius 1 is 1.43 bits per heavy atom. The minimum absolute atomic E-state index is 0.316. The maximum atomic E-state index is 12.9. The Hall–Kier alpha value is -0.830. The zero-order valence-electron chi connectivity index (χ0n) is 7.84. The second kappa shape index (κ2) is 4.13. The highest BCUT2D eigenvalue weighted by molar-refractivity contribution is 6.17. The van der Waals surface area contributed by atoms with Gasteiger partial charge in [-0.05, 0) is 18.9 Å². The van der Waals surface area contributed by atoms with Crippen LogP contribution in [0, 0.1) is 5.82 Å². The molecule has 1 aromatic heterocycles. The van der Waals surface area contributed by atoms with Crippen LogP contribution in [0.1, 0.15) is 18.4 Å². The number of anilines is 1. The monoisotopic (exact) mass is 214 g/mol. The van der Waals surface area contributed by atoms with Crippen molar-refractivity contribution in [3.63, 3.8) is 0 Å². The van der Waals surface area contributed by atoms with E-state index >= 15 is 0 Å². The lowest BCUT2D eigenvalue weighted by atomic mass is 10.2. The van der Waals surface area contributed by atoms with Crippen molar-refractivity contribution in [3.05, 3.63) is 23.6 Å². The molecule has 0 amide bonds. The number of alkyl halides is 1. The topological polar surface area (TPSA) is 16.1 Å². The van der Waals surface area contributed by atoms with Crippen molar-refractivity contribution in [2.75, 3.05) is 18.0 Å². The Balaban J connectivity index is 2.31. The van der Waals surface area contributed by atoms with Crippen LogP contribution in [-0.4, -0.2) is 18.1 Å². The van der Waals surface area contributed by atoms with Gasteiger partial charge in [-0.3, -0.25) is 0 Å². The van der Waals surface area contributed by atoms with E-state index in [4.69, 9.17) is 11.6 Å². The van der Waals surface area contributed by atoms with Gasteiger partial charge in [0.05, 0.1) is 12.1 Å². The van der Waals surface area contributed by atoms with E-state index < -0.39 is 0 Å². The summed E-state index contributed by atoms with van der Waals surface area (Å²) in [5.74, 6) is 0.846. The van der Waals surface area contributed by atoms with E-state index in [-0.39, 0.29) is 5.82 Å². The van der Waals surface area contributed by atoms with Crippen molar-refractivity contribution in [3.8, 4) is 0 Å². The Bertz CT molecular complexity index is 324. The van der Waals surface area contributed by atoms with Crippen LogP contribution in [0.15, 0.2) is 12.3 Å². The number of aromatic nitrogens is 1. The van der Waals surface area contributed by atoms with Gasteiger partial charge in [0.2, 0.25) is 0 Å². The lowest BCUT2D eigenvalue weighted by Gasteiger charge is -2.18. The van der Waals surface area contributed by atoms with Crippen molar-refractivity contribution in [2.45, 2.75) is 18.7 Å². The zero-order valence-corrected chi connectivity index (χ0v) is 8.60. The Morgan fingerprint density at radius 2 is 2.14 bits per heavy atom. The summed E-state index contributed by atoms with van der Waals surface area (Å²) in [5, 5.41) is 0. The van der Waals surface area contributed by atoms with E-state index in [0.717, 1.165) is 24.5 Å². The maximum absolute atomic E-state index is 12.9. The van der Waals surface area contributed by atoms with E-state index in [1.165, 1.54) is 25.1 Å². The highest BCUT2D eigenvalue weighted by atomic mass is 35.5. The normalized spacial score (nSPS) is 16.3. The summed E-state index contributed by atoms with van der Waals surface area (Å²) in [6.07, 6.45) is 3.62. The fraction of sp³-hybridized carbons (Fsp3) is 0.500. The lowest BCUT2D eigenvalue weighted by Crippen LogP contribution is -2.20. The summed E-state index contributed by atoms with van der Waals surface area (Å²) in [5.41, 5.74) is 0.786. The zero-order chi connectivity index (χ0) is 9.97. The molecule has 1 fully saturated rings. The largest absolute Gasteiger partial charge is 0.356 e. The summed E-state index contributed by atoms with van der Waals surface area (Å²) in [7, 11) is 0. The molecule has 0 aromatic carbocycles. The van der Waals surface area contributed by atoms with Gasteiger partial charge >= 0.3 is 0 Å². The summed E-state index contributed by atoms with van der Waals surface area (Å²) in [4.78, 5) is 6.26. The number of halogens is 2. The molecular weight excluding hydrogens is 203 g/mol. The second-order valence-electron chi connectivity index (χ2n) is 3.46. The van der Waals surface area contributed by atoms with E-state index in [2.05, 4.69) is 9.88 Å². The SMILES string of the molecule is Fc1cnc(N2CCCC2)c(CCl)c1. The summed E-state index contributed by atoms with van der Waals surface area (Å²) >= 11 is 5.75. The number of pyridine rings is 1. The van der Waals surface area contributed by atoms with E-state index in [1.807, 2.05) is 0 Å². The molecule has 76 valence electrons. The molecule has 0 unspecified atom stereocenters. The van der Waals surface area contributed by atoms with E-state index in [9.17, 15) is 4.39 Å². The molecule has 0 radical (unpaired) electrons. The predicted octanol–water partition coefficient (Wildman–Crippen LogP) is 2.56. The standard InChI is InChI=1S/C10H12ClFN2/c11-6-8-5-9(12)7-13-10(8)14-3-1-2-4-14/h5,7H,1-4,6H2. The third kappa shape index (κ3) is 1.82. The number of hydrogen-bond acceptors (Lipinski definition) is 2. The Morgan fingerprint density at radius 3 is 2.79 bits per heavy atom. The van der Waals surface area contributed by atoms with Gasteiger partial charge in [0.25, 0.3) is 0 Å². The van der Waals surface area contributed by atoms with Gasteiger partial charge in [0.1, 0.15) is 11.6 Å². The fourth-order valence-corrected chi connectivity index (χ4v) is 1.98. The average molecular weight is 215 g/mol. The maximum Gasteiger partial charge on any atom is 0.141 e. The molecule has 1 aliphatic heterocycles. The van der Waals surface area contributed by atoms with Gasteiger partial charge in [-0.15, -0.1) is 11.6 Å². The van der Waals surface area contributed by atoms with Crippen molar-refractivity contribution >= 4 is 17.4 Å². The minimum Gasteiger partial charge on any atom is -0.356 e. The molecule has 0 bridgehead atoms. The molecule has 1 aromatic rings. The molecule has 4 heteroatoms. The molecular formula is C10H12ClFN2. The summed E-state index contributed by atoms with van der Waals surface area (Å²) in [6, 6.07) is 1.47. The highest BCUT2D eigenvalue weighted by Gasteiger charge is 2.16. The smallest absolute Gasteiger partial charge is 0.141 e. The third-order valence-electron chi connectivity index (χ3n) is 2.46. The van der Waals surface area contributed by atoms with E-state index in [1.54, 1.807) is 0 Å². The van der Waals surface area contributed by atoms with Crippen LogP contribution < -0.4 is 4.90 Å². The van der Waals surface area contributed by atoms with Crippen LogP contribution >= 0.6 is 11.6 Å². The molecule has 1 aliphatic rings. The number of nitrogens with zero attached hydrogens (tertiary/aromatic N) is 2. The quantitative estimate of drug-likeness (QED) is 0.704. The molecule has 2 nitrogen and oxygen atoms in total. The highest BCUT2D eigenvalue weighted by Crippen LogP contribution is 2.23. The molecule has 0 spiro atoms. The molecule has 1 saturated heterocycles. The minimum atomic E-state index is -0.316. The molecule has 2 heterocycles. The van der Waals surface area contributed by atoms with Gasteiger partial charge < -0.3 is 4.90 Å². The van der Waals surface area contributed by atoms with Gasteiger partial charge in [-0.2, -0.15) is 0 Å². The fourth-order valence-electron chi connectivity index (χ4n) is 1.79. The third-order valence-corrected chi connectivity index (χ3v) is 2.75. The van der Waals surface area contributed by atoms with Crippen molar-refractivity contribution in [1.29, 1.82) is 0 Å². The van der Waals surface area contributed by atoms with Crippen molar-refractivity contribution < 1.29 is 4.39 Å². The lowest BCUT2D eigenvalue weighted by molar-refractivity contribution is 0.619. The first-order valence-electron chi connectivity index (χ1n) is 4.76. The molecule has 0 aliphatic carbocycles. The van der Waals surface area contributed by atoms with Crippen LogP contribution in [0.25, 0.3) is 0 Å². The molecule has 0 saturated carbocycles. The van der Waals surface area contributed by atoms with Crippen LogP contribution in [0.4, 0.5) is 10.2 Å². The second-order valence-corrected chi connectivity index (χ2v) is 3.73. The predicted molar refractivity (Wildman–Crippen MR) is 55.2 cm³/mol. The first-order chi connectivity index (χ1) is 6.81. The average Bonchev–Trinajstić information content (AvgIpc) is 2.70. The molecule has 0 atom stereocenters. The number of rotatable bonds is 2. The van der Waals surface area contributed by atoms with Crippen molar-refractivity contribution in [1.82, 2.24) is 4.98 Å². The molecule has 14 heavy (non-hydrogen) atoms. The van der Waals surface area contributed by atoms with Crippen LogP contribution in [-0.2, 0) is 5.88 Å². The molecule has 2 rings (SSSR count).